The molecule has 3 nitrogen and oxygen atoms in total. The van der Waals surface area contributed by atoms with E-state index in [0.29, 0.717) is 12.5 Å². The molecule has 0 saturated carbocycles. The monoisotopic (exact) mass is 326 g/mol. The van der Waals surface area contributed by atoms with Crippen molar-refractivity contribution in [2.24, 2.45) is 0 Å². The highest BCUT2D eigenvalue weighted by Crippen LogP contribution is 2.20. The van der Waals surface area contributed by atoms with Crippen molar-refractivity contribution in [3.05, 3.63) is 52.0 Å². The van der Waals surface area contributed by atoms with Crippen LogP contribution in [0.2, 0.25) is 0 Å². The van der Waals surface area contributed by atoms with Crippen LogP contribution in [-0.4, -0.2) is 9.97 Å². The van der Waals surface area contributed by atoms with E-state index in [1.54, 1.807) is 12.4 Å². The fraction of sp³-hybridized carbons (Fsp3) is 0.231. The molecule has 0 radical (unpaired) electrons. The van der Waals surface area contributed by atoms with Crippen molar-refractivity contribution in [3.8, 4) is 5.75 Å². The van der Waals surface area contributed by atoms with Gasteiger partial charge in [0.05, 0.1) is 11.6 Å². The van der Waals surface area contributed by atoms with Gasteiger partial charge in [-0.15, -0.1) is 11.6 Å². The first-order valence-corrected chi connectivity index (χ1v) is 6.76. The number of halogens is 2. The van der Waals surface area contributed by atoms with Crippen molar-refractivity contribution in [2.75, 3.05) is 0 Å². The molecule has 0 spiro atoms. The van der Waals surface area contributed by atoms with Crippen LogP contribution in [-0.2, 0) is 12.5 Å². The molecule has 0 atom stereocenters. The minimum absolute atomic E-state index is 0.341. The third-order valence-electron chi connectivity index (χ3n) is 2.35. The van der Waals surface area contributed by atoms with Crippen LogP contribution in [0.25, 0.3) is 0 Å². The van der Waals surface area contributed by atoms with E-state index < -0.39 is 0 Å². The highest BCUT2D eigenvalue weighted by atomic mass is 79.9. The Morgan fingerprint density at radius 3 is 2.89 bits per heavy atom. The zero-order chi connectivity index (χ0) is 13.0. The van der Waals surface area contributed by atoms with E-state index in [2.05, 4.69) is 25.9 Å². The van der Waals surface area contributed by atoms with Gasteiger partial charge in [0.1, 0.15) is 12.4 Å². The molecule has 0 aliphatic heterocycles. The zero-order valence-corrected chi connectivity index (χ0v) is 12.2. The Hall–Kier alpha value is -1.13. The van der Waals surface area contributed by atoms with Crippen LogP contribution in [0.15, 0.2) is 35.1 Å². The molecule has 0 aliphatic carbocycles. The molecule has 0 aliphatic rings. The van der Waals surface area contributed by atoms with Crippen LogP contribution in [0.5, 0.6) is 5.75 Å². The molecule has 2 heterocycles. The molecule has 0 saturated heterocycles. The molecule has 0 unspecified atom stereocenters. The van der Waals surface area contributed by atoms with E-state index in [-0.39, 0.29) is 0 Å². The first-order valence-electron chi connectivity index (χ1n) is 5.44. The van der Waals surface area contributed by atoms with Crippen molar-refractivity contribution in [1.29, 1.82) is 0 Å². The predicted octanol–water partition coefficient (Wildman–Crippen LogP) is 3.87. The molecular weight excluding hydrogens is 316 g/mol. The number of nitrogens with zero attached hydrogens (tertiary/aromatic N) is 2. The molecule has 2 rings (SSSR count). The highest BCUT2D eigenvalue weighted by molar-refractivity contribution is 9.10. The Labute approximate surface area is 119 Å². The van der Waals surface area contributed by atoms with Gasteiger partial charge < -0.3 is 4.74 Å². The summed E-state index contributed by atoms with van der Waals surface area (Å²) in [7, 11) is 0. The molecule has 0 N–H and O–H groups in total. The van der Waals surface area contributed by atoms with Crippen molar-refractivity contribution in [3.63, 3.8) is 0 Å². The van der Waals surface area contributed by atoms with Gasteiger partial charge in [0.15, 0.2) is 0 Å². The molecule has 94 valence electrons. The zero-order valence-electron chi connectivity index (χ0n) is 9.86. The van der Waals surface area contributed by atoms with Crippen LogP contribution >= 0.6 is 27.5 Å². The Morgan fingerprint density at radius 2 is 2.17 bits per heavy atom. The van der Waals surface area contributed by atoms with Gasteiger partial charge in [-0.3, -0.25) is 9.97 Å². The number of aromatic nitrogens is 2. The minimum Gasteiger partial charge on any atom is -0.487 e. The molecule has 0 aromatic carbocycles. The van der Waals surface area contributed by atoms with E-state index >= 15 is 0 Å². The Kier molecular flexibility index (Phi) is 4.55. The standard InChI is InChI=1S/C13H12BrClN2O/c1-9-2-3-13(12(5-15)17-9)18-8-10-4-11(14)7-16-6-10/h2-4,6-7H,5,8H2,1H3. The van der Waals surface area contributed by atoms with Gasteiger partial charge in [-0.25, -0.2) is 0 Å². The number of hydrogen-bond acceptors (Lipinski definition) is 3. The van der Waals surface area contributed by atoms with Crippen molar-refractivity contribution >= 4 is 27.5 Å². The Morgan fingerprint density at radius 1 is 1.33 bits per heavy atom. The molecular formula is C13H12BrClN2O. The van der Waals surface area contributed by atoms with Gasteiger partial charge in [-0.2, -0.15) is 0 Å². The third kappa shape index (κ3) is 3.43. The van der Waals surface area contributed by atoms with Gasteiger partial charge in [0.2, 0.25) is 0 Å². The maximum atomic E-state index is 5.85. The number of alkyl halides is 1. The first kappa shape index (κ1) is 13.3. The second-order valence-electron chi connectivity index (χ2n) is 3.83. The maximum Gasteiger partial charge on any atom is 0.142 e. The summed E-state index contributed by atoms with van der Waals surface area (Å²) in [5.41, 5.74) is 2.69. The molecule has 18 heavy (non-hydrogen) atoms. The second kappa shape index (κ2) is 6.16. The summed E-state index contributed by atoms with van der Waals surface area (Å²) in [6, 6.07) is 5.77. The maximum absolute atomic E-state index is 5.85. The van der Waals surface area contributed by atoms with Gasteiger partial charge in [0.25, 0.3) is 0 Å². The van der Waals surface area contributed by atoms with Crippen molar-refractivity contribution < 1.29 is 4.74 Å². The smallest absolute Gasteiger partial charge is 0.142 e. The Bertz CT molecular complexity index is 548. The van der Waals surface area contributed by atoms with Crippen LogP contribution in [0, 0.1) is 6.92 Å². The van der Waals surface area contributed by atoms with Crippen LogP contribution in [0.1, 0.15) is 17.0 Å². The first-order chi connectivity index (χ1) is 8.69. The van der Waals surface area contributed by atoms with Crippen LogP contribution in [0.3, 0.4) is 0 Å². The summed E-state index contributed by atoms with van der Waals surface area (Å²) < 4.78 is 6.65. The average molecular weight is 328 g/mol. The lowest BCUT2D eigenvalue weighted by Gasteiger charge is -2.10. The van der Waals surface area contributed by atoms with E-state index in [0.717, 1.165) is 27.2 Å². The number of hydrogen-bond donors (Lipinski definition) is 0. The van der Waals surface area contributed by atoms with Gasteiger partial charge in [-0.1, -0.05) is 0 Å². The summed E-state index contributed by atoms with van der Waals surface area (Å²) in [6.45, 7) is 2.37. The predicted molar refractivity (Wildman–Crippen MR) is 74.8 cm³/mol. The third-order valence-corrected chi connectivity index (χ3v) is 3.04. The van der Waals surface area contributed by atoms with E-state index in [1.165, 1.54) is 0 Å². The van der Waals surface area contributed by atoms with E-state index in [1.807, 2.05) is 25.1 Å². The number of aryl methyl sites for hydroxylation is 1. The van der Waals surface area contributed by atoms with Crippen molar-refractivity contribution in [1.82, 2.24) is 9.97 Å². The lowest BCUT2D eigenvalue weighted by Crippen LogP contribution is -2.00. The summed E-state index contributed by atoms with van der Waals surface area (Å²) in [6.07, 6.45) is 3.51. The fourth-order valence-electron chi connectivity index (χ4n) is 1.52. The van der Waals surface area contributed by atoms with Crippen LogP contribution in [0.4, 0.5) is 0 Å². The normalized spacial score (nSPS) is 10.4. The number of rotatable bonds is 4. The van der Waals surface area contributed by atoms with Crippen LogP contribution < -0.4 is 4.74 Å². The van der Waals surface area contributed by atoms with Gasteiger partial charge in [0, 0.05) is 28.1 Å². The molecule has 0 fully saturated rings. The topological polar surface area (TPSA) is 35.0 Å². The van der Waals surface area contributed by atoms with E-state index in [4.69, 9.17) is 16.3 Å². The van der Waals surface area contributed by atoms with Gasteiger partial charge in [-0.05, 0) is 41.1 Å². The minimum atomic E-state index is 0.341. The number of ether oxygens (including phenoxy) is 1. The molecule has 2 aromatic rings. The quantitative estimate of drug-likeness (QED) is 0.800. The summed E-state index contributed by atoms with van der Waals surface area (Å²) in [5.74, 6) is 1.06. The largest absolute Gasteiger partial charge is 0.487 e. The number of pyridine rings is 2. The highest BCUT2D eigenvalue weighted by Gasteiger charge is 2.05. The summed E-state index contributed by atoms with van der Waals surface area (Å²) >= 11 is 9.22. The lowest BCUT2D eigenvalue weighted by atomic mass is 10.3. The average Bonchev–Trinajstić information content (AvgIpc) is 2.37. The molecule has 0 bridgehead atoms. The molecule has 2 aromatic heterocycles. The summed E-state index contributed by atoms with van der Waals surface area (Å²) in [5, 5.41) is 0. The SMILES string of the molecule is Cc1ccc(OCc2cncc(Br)c2)c(CCl)n1. The molecule has 0 amide bonds. The van der Waals surface area contributed by atoms with E-state index in [9.17, 15) is 0 Å². The van der Waals surface area contributed by atoms with Gasteiger partial charge >= 0.3 is 0 Å². The lowest BCUT2D eigenvalue weighted by molar-refractivity contribution is 0.301. The Balaban J connectivity index is 2.10. The molecule has 5 heteroatoms. The second-order valence-corrected chi connectivity index (χ2v) is 5.01. The fourth-order valence-corrected chi connectivity index (χ4v) is 2.12. The summed E-state index contributed by atoms with van der Waals surface area (Å²) in [4.78, 5) is 8.42. The van der Waals surface area contributed by atoms with Crippen molar-refractivity contribution in [2.45, 2.75) is 19.4 Å².